The lowest BCUT2D eigenvalue weighted by atomic mass is 9.97. The third kappa shape index (κ3) is 6.09. The Labute approximate surface area is 330 Å². The Morgan fingerprint density at radius 1 is 0.500 bits per heavy atom. The SMILES string of the molecule is C=C/C=C\C=C/Cc1ccc(N(c2ccc(-c3ccc4c(ccc5oc6ccccc6c54)c3)cc2)c2cccc(-c3cccc4sc5ccccc5c34)c2)cc1. The van der Waals surface area contributed by atoms with Crippen LogP contribution in [0.4, 0.5) is 17.1 Å². The minimum absolute atomic E-state index is 0.860. The molecule has 0 amide bonds. The van der Waals surface area contributed by atoms with E-state index in [0.717, 1.165) is 40.0 Å². The minimum atomic E-state index is 0.860. The Morgan fingerprint density at radius 2 is 1.25 bits per heavy atom. The maximum atomic E-state index is 6.17. The van der Waals surface area contributed by atoms with Gasteiger partial charge in [-0.05, 0) is 112 Å². The van der Waals surface area contributed by atoms with Crippen molar-refractivity contribution in [1.29, 1.82) is 0 Å². The third-order valence-electron chi connectivity index (χ3n) is 10.7. The van der Waals surface area contributed by atoms with E-state index < -0.39 is 0 Å². The number of hydrogen-bond donors (Lipinski definition) is 0. The molecule has 2 heterocycles. The zero-order valence-electron chi connectivity index (χ0n) is 30.7. The van der Waals surface area contributed by atoms with Gasteiger partial charge in [-0.15, -0.1) is 11.3 Å². The van der Waals surface area contributed by atoms with E-state index in [1.165, 1.54) is 64.1 Å². The molecule has 10 aromatic rings. The fourth-order valence-corrected chi connectivity index (χ4v) is 9.15. The predicted molar refractivity (Wildman–Crippen MR) is 242 cm³/mol. The quantitative estimate of drug-likeness (QED) is 0.137. The number of allylic oxidation sites excluding steroid dienone is 5. The summed E-state index contributed by atoms with van der Waals surface area (Å²) in [5.41, 5.74) is 11.2. The monoisotopic (exact) mass is 735 g/mol. The van der Waals surface area contributed by atoms with Gasteiger partial charge in [-0.25, -0.2) is 0 Å². The van der Waals surface area contributed by atoms with Gasteiger partial charge in [-0.3, -0.25) is 0 Å². The molecule has 0 saturated heterocycles. The molecule has 0 aliphatic rings. The predicted octanol–water partition coefficient (Wildman–Crippen LogP) is 15.8. The Bertz CT molecular complexity index is 3120. The van der Waals surface area contributed by atoms with E-state index in [-0.39, 0.29) is 0 Å². The standard InChI is InChI=1S/C53H37NOS/c1-2-3-4-5-6-13-36-22-28-41(29-23-36)54(43-15-11-14-39(35-43)44-18-12-21-51-53(44)47-17-8-10-20-50(47)56-51)42-30-24-37(25-31-42)38-26-32-45-40(34-38)27-33-49-52(45)46-16-7-9-19-48(46)55-49/h2-12,14-35H,1,13H2/b4-3-,6-5-. The molecule has 2 nitrogen and oxygen atoms in total. The second-order valence-corrected chi connectivity index (χ2v) is 15.2. The highest BCUT2D eigenvalue weighted by Gasteiger charge is 2.17. The van der Waals surface area contributed by atoms with Crippen molar-refractivity contribution in [3.05, 3.63) is 212 Å². The highest BCUT2D eigenvalue weighted by Crippen LogP contribution is 2.43. The van der Waals surface area contributed by atoms with Crippen molar-refractivity contribution in [2.24, 2.45) is 0 Å². The van der Waals surface area contributed by atoms with Gasteiger partial charge in [0.2, 0.25) is 0 Å². The first-order valence-corrected chi connectivity index (χ1v) is 19.8. The van der Waals surface area contributed by atoms with Crippen LogP contribution < -0.4 is 4.90 Å². The molecule has 0 aliphatic carbocycles. The molecule has 0 saturated carbocycles. The second kappa shape index (κ2) is 14.4. The fourth-order valence-electron chi connectivity index (χ4n) is 8.02. The van der Waals surface area contributed by atoms with E-state index in [1.54, 1.807) is 6.08 Å². The number of thiophene rings is 1. The Kier molecular flexibility index (Phi) is 8.63. The van der Waals surface area contributed by atoms with Gasteiger partial charge in [0, 0.05) is 48.0 Å². The Balaban J connectivity index is 1.04. The van der Waals surface area contributed by atoms with Crippen LogP contribution in [-0.4, -0.2) is 0 Å². The van der Waals surface area contributed by atoms with E-state index >= 15 is 0 Å². The molecule has 0 spiro atoms. The summed E-state index contributed by atoms with van der Waals surface area (Å²) in [4.78, 5) is 2.37. The number of fused-ring (bicyclic) bond motifs is 8. The van der Waals surface area contributed by atoms with Crippen LogP contribution in [0.3, 0.4) is 0 Å². The van der Waals surface area contributed by atoms with Gasteiger partial charge in [0.05, 0.1) is 0 Å². The van der Waals surface area contributed by atoms with Crippen LogP contribution >= 0.6 is 11.3 Å². The van der Waals surface area contributed by atoms with Crippen molar-refractivity contribution in [3.8, 4) is 22.3 Å². The van der Waals surface area contributed by atoms with Gasteiger partial charge in [-0.2, -0.15) is 0 Å². The lowest BCUT2D eigenvalue weighted by Gasteiger charge is -2.26. The molecule has 2 aromatic heterocycles. The van der Waals surface area contributed by atoms with E-state index in [9.17, 15) is 0 Å². The lowest BCUT2D eigenvalue weighted by Crippen LogP contribution is -2.10. The number of benzene rings is 8. The van der Waals surface area contributed by atoms with Gasteiger partial charge in [0.25, 0.3) is 0 Å². The van der Waals surface area contributed by atoms with Gasteiger partial charge in [0.15, 0.2) is 0 Å². The molecule has 3 heteroatoms. The zero-order chi connectivity index (χ0) is 37.4. The molecule has 0 atom stereocenters. The molecule has 0 aliphatic heterocycles. The Hall–Kier alpha value is -6.94. The van der Waals surface area contributed by atoms with Crippen LogP contribution in [0.25, 0.3) is 75.1 Å². The zero-order valence-corrected chi connectivity index (χ0v) is 31.5. The first-order valence-electron chi connectivity index (χ1n) is 19.0. The maximum absolute atomic E-state index is 6.17. The van der Waals surface area contributed by atoms with Crippen LogP contribution in [0.5, 0.6) is 0 Å². The summed E-state index contributed by atoms with van der Waals surface area (Å²) < 4.78 is 8.79. The van der Waals surface area contributed by atoms with E-state index in [4.69, 9.17) is 4.42 Å². The van der Waals surface area contributed by atoms with Crippen molar-refractivity contribution in [2.75, 3.05) is 4.90 Å². The van der Waals surface area contributed by atoms with Crippen LogP contribution in [-0.2, 0) is 6.42 Å². The van der Waals surface area contributed by atoms with Crippen molar-refractivity contribution in [1.82, 2.24) is 0 Å². The summed E-state index contributed by atoms with van der Waals surface area (Å²) in [6, 6.07) is 61.6. The summed E-state index contributed by atoms with van der Waals surface area (Å²) in [5.74, 6) is 0. The molecule has 0 N–H and O–H groups in total. The number of hydrogen-bond acceptors (Lipinski definition) is 3. The van der Waals surface area contributed by atoms with Gasteiger partial charge in [0.1, 0.15) is 11.2 Å². The fraction of sp³-hybridized carbons (Fsp3) is 0.0189. The average Bonchev–Trinajstić information content (AvgIpc) is 3.83. The Morgan fingerprint density at radius 3 is 2.11 bits per heavy atom. The van der Waals surface area contributed by atoms with Crippen molar-refractivity contribution in [2.45, 2.75) is 6.42 Å². The molecule has 0 bridgehead atoms. The van der Waals surface area contributed by atoms with Crippen LogP contribution in [0.15, 0.2) is 211 Å². The summed E-state index contributed by atoms with van der Waals surface area (Å²) in [5, 5.41) is 7.36. The van der Waals surface area contributed by atoms with Gasteiger partial charge >= 0.3 is 0 Å². The molecule has 0 radical (unpaired) electrons. The van der Waals surface area contributed by atoms with Crippen molar-refractivity contribution < 1.29 is 4.42 Å². The number of rotatable bonds is 9. The molecule has 0 unspecified atom stereocenters. The molecule has 56 heavy (non-hydrogen) atoms. The summed E-state index contributed by atoms with van der Waals surface area (Å²) in [6.07, 6.45) is 10.9. The topological polar surface area (TPSA) is 16.4 Å². The molecule has 10 rings (SSSR count). The molecule has 8 aromatic carbocycles. The number of para-hydroxylation sites is 1. The van der Waals surface area contributed by atoms with Crippen molar-refractivity contribution >= 4 is 81.3 Å². The molecule has 266 valence electrons. The van der Waals surface area contributed by atoms with E-state index in [0.29, 0.717) is 0 Å². The molecular weight excluding hydrogens is 699 g/mol. The second-order valence-electron chi connectivity index (χ2n) is 14.1. The first-order chi connectivity index (χ1) is 27.7. The highest BCUT2D eigenvalue weighted by molar-refractivity contribution is 7.25. The summed E-state index contributed by atoms with van der Waals surface area (Å²) in [6.45, 7) is 3.76. The number of furan rings is 1. The third-order valence-corrected chi connectivity index (χ3v) is 11.8. The smallest absolute Gasteiger partial charge is 0.136 e. The largest absolute Gasteiger partial charge is 0.456 e. The average molecular weight is 736 g/mol. The van der Waals surface area contributed by atoms with E-state index in [2.05, 4.69) is 181 Å². The van der Waals surface area contributed by atoms with E-state index in [1.807, 2.05) is 35.6 Å². The van der Waals surface area contributed by atoms with Gasteiger partial charge < -0.3 is 9.32 Å². The maximum Gasteiger partial charge on any atom is 0.136 e. The lowest BCUT2D eigenvalue weighted by molar-refractivity contribution is 0.669. The van der Waals surface area contributed by atoms with Crippen molar-refractivity contribution in [3.63, 3.8) is 0 Å². The highest BCUT2D eigenvalue weighted by atomic mass is 32.1. The number of nitrogens with zero attached hydrogens (tertiary/aromatic N) is 1. The normalized spacial score (nSPS) is 11.9. The molecule has 0 fully saturated rings. The van der Waals surface area contributed by atoms with Crippen LogP contribution in [0, 0.1) is 0 Å². The summed E-state index contributed by atoms with van der Waals surface area (Å²) >= 11 is 1.86. The molecular formula is C53H37NOS. The number of anilines is 3. The van der Waals surface area contributed by atoms with Crippen LogP contribution in [0.1, 0.15) is 5.56 Å². The summed E-state index contributed by atoms with van der Waals surface area (Å²) in [7, 11) is 0. The van der Waals surface area contributed by atoms with Crippen LogP contribution in [0.2, 0.25) is 0 Å². The van der Waals surface area contributed by atoms with Gasteiger partial charge in [-0.1, -0.05) is 140 Å². The minimum Gasteiger partial charge on any atom is -0.456 e. The first kappa shape index (κ1) is 33.6.